The van der Waals surface area contributed by atoms with Crippen molar-refractivity contribution in [2.24, 2.45) is 0 Å². The van der Waals surface area contributed by atoms with Gasteiger partial charge in [0.15, 0.2) is 5.13 Å². The minimum absolute atomic E-state index is 0.0190. The van der Waals surface area contributed by atoms with Crippen LogP contribution < -0.4 is 5.32 Å². The maximum Gasteiger partial charge on any atom is 0.256 e. The molecular formula is C24H24N6OS2. The Labute approximate surface area is 200 Å². The van der Waals surface area contributed by atoms with Crippen LogP contribution >= 0.6 is 22.7 Å². The zero-order valence-corrected chi connectivity index (χ0v) is 20.3. The number of aromatic nitrogens is 4. The van der Waals surface area contributed by atoms with Crippen molar-refractivity contribution in [1.29, 1.82) is 0 Å². The number of thiazole rings is 1. The van der Waals surface area contributed by atoms with E-state index in [4.69, 9.17) is 0 Å². The SMILES string of the molecule is Cc1nc(-c2cccs2)ccc1C(=O)N1CCc2ncnc(Nc3nc(C(C)C)cs3)c2C1. The lowest BCUT2D eigenvalue weighted by atomic mass is 10.0. The van der Waals surface area contributed by atoms with Gasteiger partial charge in [-0.15, -0.1) is 22.7 Å². The summed E-state index contributed by atoms with van der Waals surface area (Å²) >= 11 is 3.20. The number of hydrogen-bond donors (Lipinski definition) is 1. The number of carbonyl (C=O) groups excluding carboxylic acids is 1. The molecular weight excluding hydrogens is 452 g/mol. The van der Waals surface area contributed by atoms with Gasteiger partial charge in [0.25, 0.3) is 5.91 Å². The zero-order valence-electron chi connectivity index (χ0n) is 18.7. The van der Waals surface area contributed by atoms with Gasteiger partial charge in [-0.2, -0.15) is 0 Å². The normalized spacial score (nSPS) is 13.3. The van der Waals surface area contributed by atoms with Crippen LogP contribution in [-0.2, 0) is 13.0 Å². The standard InChI is InChI=1S/C24H24N6OS2/c1-14(2)20-12-33-24(28-20)29-22-17-11-30(9-8-18(17)25-13-26-22)23(31)16-6-7-19(27-15(16)3)21-5-4-10-32-21/h4-7,10,12-14H,8-9,11H2,1-3H3,(H,25,26,28,29). The molecule has 0 saturated heterocycles. The fourth-order valence-corrected chi connectivity index (χ4v) is 5.42. The van der Waals surface area contributed by atoms with Gasteiger partial charge in [-0.3, -0.25) is 9.78 Å². The Bertz CT molecular complexity index is 1300. The van der Waals surface area contributed by atoms with E-state index in [2.05, 4.69) is 44.5 Å². The summed E-state index contributed by atoms with van der Waals surface area (Å²) < 4.78 is 0. The molecule has 1 aliphatic rings. The number of nitrogens with one attached hydrogen (secondary N) is 1. The van der Waals surface area contributed by atoms with E-state index in [1.54, 1.807) is 29.0 Å². The fourth-order valence-electron chi connectivity index (χ4n) is 3.85. The molecule has 1 N–H and O–H groups in total. The minimum Gasteiger partial charge on any atom is -0.334 e. The van der Waals surface area contributed by atoms with Crippen molar-refractivity contribution >= 4 is 39.5 Å². The van der Waals surface area contributed by atoms with E-state index in [9.17, 15) is 4.79 Å². The molecule has 0 aromatic carbocycles. The molecule has 9 heteroatoms. The fraction of sp³-hybridized carbons (Fsp3) is 0.292. The average Bonchev–Trinajstić information content (AvgIpc) is 3.51. The van der Waals surface area contributed by atoms with Crippen LogP contribution in [0.25, 0.3) is 10.6 Å². The van der Waals surface area contributed by atoms with Gasteiger partial charge < -0.3 is 10.2 Å². The van der Waals surface area contributed by atoms with E-state index in [0.717, 1.165) is 38.3 Å². The Kier molecular flexibility index (Phi) is 5.90. The third-order valence-electron chi connectivity index (χ3n) is 5.72. The molecule has 7 nitrogen and oxygen atoms in total. The predicted molar refractivity (Wildman–Crippen MR) is 132 cm³/mol. The highest BCUT2D eigenvalue weighted by molar-refractivity contribution is 7.14. The number of nitrogens with zero attached hydrogens (tertiary/aromatic N) is 5. The van der Waals surface area contributed by atoms with Crippen molar-refractivity contribution in [1.82, 2.24) is 24.8 Å². The first-order valence-corrected chi connectivity index (χ1v) is 12.6. The van der Waals surface area contributed by atoms with Crippen molar-refractivity contribution in [2.45, 2.75) is 39.7 Å². The number of rotatable bonds is 5. The van der Waals surface area contributed by atoms with Crippen LogP contribution in [0.1, 0.15) is 52.8 Å². The molecule has 5 heterocycles. The molecule has 168 valence electrons. The number of fused-ring (bicyclic) bond motifs is 1. The summed E-state index contributed by atoms with van der Waals surface area (Å²) in [6, 6.07) is 7.86. The maximum absolute atomic E-state index is 13.4. The van der Waals surface area contributed by atoms with E-state index < -0.39 is 0 Å². The summed E-state index contributed by atoms with van der Waals surface area (Å²) in [5, 5.41) is 8.24. The Morgan fingerprint density at radius 3 is 2.76 bits per heavy atom. The van der Waals surface area contributed by atoms with E-state index >= 15 is 0 Å². The van der Waals surface area contributed by atoms with Gasteiger partial charge in [0, 0.05) is 23.9 Å². The van der Waals surface area contributed by atoms with E-state index in [1.165, 1.54) is 0 Å². The Morgan fingerprint density at radius 1 is 1.15 bits per heavy atom. The van der Waals surface area contributed by atoms with Crippen LogP contribution in [0.3, 0.4) is 0 Å². The molecule has 33 heavy (non-hydrogen) atoms. The average molecular weight is 477 g/mol. The van der Waals surface area contributed by atoms with Gasteiger partial charge in [0.2, 0.25) is 0 Å². The van der Waals surface area contributed by atoms with Gasteiger partial charge >= 0.3 is 0 Å². The van der Waals surface area contributed by atoms with E-state index in [1.807, 2.05) is 41.5 Å². The molecule has 0 saturated carbocycles. The summed E-state index contributed by atoms with van der Waals surface area (Å²) in [7, 11) is 0. The van der Waals surface area contributed by atoms with Crippen molar-refractivity contribution in [3.63, 3.8) is 0 Å². The number of pyridine rings is 1. The molecule has 0 spiro atoms. The molecule has 4 aromatic heterocycles. The quantitative estimate of drug-likeness (QED) is 0.413. The molecule has 1 amide bonds. The highest BCUT2D eigenvalue weighted by atomic mass is 32.1. The van der Waals surface area contributed by atoms with Crippen molar-refractivity contribution in [2.75, 3.05) is 11.9 Å². The second-order valence-electron chi connectivity index (χ2n) is 8.29. The molecule has 0 fully saturated rings. The minimum atomic E-state index is -0.0190. The molecule has 0 aliphatic carbocycles. The van der Waals surface area contributed by atoms with Crippen molar-refractivity contribution < 1.29 is 4.79 Å². The lowest BCUT2D eigenvalue weighted by Gasteiger charge is -2.29. The van der Waals surface area contributed by atoms with E-state index in [0.29, 0.717) is 36.8 Å². The lowest BCUT2D eigenvalue weighted by Crippen LogP contribution is -2.37. The first-order chi connectivity index (χ1) is 16.0. The number of aryl methyl sites for hydroxylation is 1. The Balaban J connectivity index is 1.38. The summed E-state index contributed by atoms with van der Waals surface area (Å²) in [5.41, 5.74) is 5.23. The molecule has 0 radical (unpaired) electrons. The summed E-state index contributed by atoms with van der Waals surface area (Å²) in [6.45, 7) is 7.21. The van der Waals surface area contributed by atoms with Crippen LogP contribution in [0.4, 0.5) is 10.9 Å². The number of amides is 1. The Hall–Kier alpha value is -3.17. The van der Waals surface area contributed by atoms with Gasteiger partial charge in [-0.25, -0.2) is 15.0 Å². The van der Waals surface area contributed by atoms with Crippen LogP contribution in [0, 0.1) is 6.92 Å². The lowest BCUT2D eigenvalue weighted by molar-refractivity contribution is 0.0732. The van der Waals surface area contributed by atoms with E-state index in [-0.39, 0.29) is 5.91 Å². The third kappa shape index (κ3) is 4.38. The Morgan fingerprint density at radius 2 is 2.03 bits per heavy atom. The summed E-state index contributed by atoms with van der Waals surface area (Å²) in [4.78, 5) is 34.6. The van der Waals surface area contributed by atoms with Crippen LogP contribution in [0.5, 0.6) is 0 Å². The van der Waals surface area contributed by atoms with Gasteiger partial charge in [0.1, 0.15) is 12.1 Å². The first kappa shape index (κ1) is 21.7. The summed E-state index contributed by atoms with van der Waals surface area (Å²) in [6.07, 6.45) is 2.26. The number of thiophene rings is 1. The maximum atomic E-state index is 13.4. The second kappa shape index (κ2) is 8.99. The monoisotopic (exact) mass is 476 g/mol. The van der Waals surface area contributed by atoms with Crippen LogP contribution in [0.15, 0.2) is 41.4 Å². The van der Waals surface area contributed by atoms with Crippen molar-refractivity contribution in [3.8, 4) is 10.6 Å². The largest absolute Gasteiger partial charge is 0.334 e. The molecule has 5 rings (SSSR count). The number of anilines is 2. The highest BCUT2D eigenvalue weighted by Gasteiger charge is 2.27. The van der Waals surface area contributed by atoms with Gasteiger partial charge in [0.05, 0.1) is 39.8 Å². The molecule has 4 aromatic rings. The number of carbonyl (C=O) groups is 1. The van der Waals surface area contributed by atoms with Gasteiger partial charge in [-0.05, 0) is 36.4 Å². The zero-order chi connectivity index (χ0) is 22.9. The smallest absolute Gasteiger partial charge is 0.256 e. The first-order valence-electron chi connectivity index (χ1n) is 10.9. The molecule has 1 aliphatic heterocycles. The van der Waals surface area contributed by atoms with Crippen LogP contribution in [-0.4, -0.2) is 37.3 Å². The molecule has 0 atom stereocenters. The third-order valence-corrected chi connectivity index (χ3v) is 7.39. The molecule has 0 unspecified atom stereocenters. The van der Waals surface area contributed by atoms with Crippen LogP contribution in [0.2, 0.25) is 0 Å². The number of hydrogen-bond acceptors (Lipinski definition) is 8. The summed E-state index contributed by atoms with van der Waals surface area (Å²) in [5.74, 6) is 1.06. The van der Waals surface area contributed by atoms with Gasteiger partial charge in [-0.1, -0.05) is 19.9 Å². The van der Waals surface area contributed by atoms with Crippen molar-refractivity contribution in [3.05, 3.63) is 69.6 Å². The topological polar surface area (TPSA) is 83.9 Å². The predicted octanol–water partition coefficient (Wildman–Crippen LogP) is 5.43. The highest BCUT2D eigenvalue weighted by Crippen LogP contribution is 2.30. The molecule has 0 bridgehead atoms. The second-order valence-corrected chi connectivity index (χ2v) is 10.1.